The zero-order valence-electron chi connectivity index (χ0n) is 17.1. The Morgan fingerprint density at radius 2 is 2.03 bits per heavy atom. The van der Waals surface area contributed by atoms with Crippen molar-refractivity contribution in [2.75, 3.05) is 37.0 Å². The van der Waals surface area contributed by atoms with Crippen LogP contribution >= 0.6 is 0 Å². The average molecular weight is 389 g/mol. The summed E-state index contributed by atoms with van der Waals surface area (Å²) in [5.74, 6) is 0.951. The number of aliphatic imine (C=N–C) groups is 1. The lowest BCUT2D eigenvalue weighted by Crippen LogP contribution is -2.27. The predicted octanol–water partition coefficient (Wildman–Crippen LogP) is 4.01. The Kier molecular flexibility index (Phi) is 5.65. The van der Waals surface area contributed by atoms with Gasteiger partial charge in [-0.05, 0) is 48.2 Å². The number of fused-ring (bicyclic) bond motifs is 1. The van der Waals surface area contributed by atoms with Crippen LogP contribution < -0.4 is 14.5 Å². The lowest BCUT2D eigenvalue weighted by Gasteiger charge is -2.22. The molecule has 0 radical (unpaired) electrons. The van der Waals surface area contributed by atoms with E-state index in [1.807, 2.05) is 37.5 Å². The SMILES string of the molecule is COc1ccc(CCC(=O)N(C)c2ccc3c(c2)N(CC2=CCC=N2)CC3)cc1. The van der Waals surface area contributed by atoms with Gasteiger partial charge in [-0.25, -0.2) is 0 Å². The molecule has 0 saturated heterocycles. The molecule has 4 rings (SSSR count). The minimum atomic E-state index is 0.119. The fourth-order valence-corrected chi connectivity index (χ4v) is 3.87. The number of hydrogen-bond donors (Lipinski definition) is 0. The molecule has 2 aliphatic rings. The topological polar surface area (TPSA) is 45.1 Å². The van der Waals surface area contributed by atoms with E-state index in [2.05, 4.69) is 34.2 Å². The molecular formula is C24H27N3O2. The highest BCUT2D eigenvalue weighted by Crippen LogP contribution is 2.33. The molecule has 2 aromatic rings. The summed E-state index contributed by atoms with van der Waals surface area (Å²) in [4.78, 5) is 21.3. The summed E-state index contributed by atoms with van der Waals surface area (Å²) in [5, 5.41) is 0. The Bertz CT molecular complexity index is 947. The summed E-state index contributed by atoms with van der Waals surface area (Å²) in [6.45, 7) is 1.84. The highest BCUT2D eigenvalue weighted by molar-refractivity contribution is 5.93. The normalized spacial score (nSPS) is 14.7. The summed E-state index contributed by atoms with van der Waals surface area (Å²) in [5.41, 5.74) is 5.78. The molecule has 0 atom stereocenters. The Balaban J connectivity index is 1.41. The number of nitrogens with zero attached hydrogens (tertiary/aromatic N) is 3. The second-order valence-corrected chi connectivity index (χ2v) is 7.53. The summed E-state index contributed by atoms with van der Waals surface area (Å²) >= 11 is 0. The fourth-order valence-electron chi connectivity index (χ4n) is 3.87. The molecule has 2 aromatic carbocycles. The molecule has 0 spiro atoms. The summed E-state index contributed by atoms with van der Waals surface area (Å²) in [6.07, 6.45) is 7.31. The Morgan fingerprint density at radius 1 is 1.21 bits per heavy atom. The van der Waals surface area contributed by atoms with E-state index in [0.29, 0.717) is 6.42 Å². The lowest BCUT2D eigenvalue weighted by molar-refractivity contribution is -0.118. The molecule has 29 heavy (non-hydrogen) atoms. The van der Waals surface area contributed by atoms with Gasteiger partial charge in [0, 0.05) is 44.0 Å². The average Bonchev–Trinajstić information content (AvgIpc) is 3.42. The third-order valence-corrected chi connectivity index (χ3v) is 5.68. The molecule has 0 N–H and O–H groups in total. The van der Waals surface area contributed by atoms with Crippen molar-refractivity contribution in [1.29, 1.82) is 0 Å². The molecule has 150 valence electrons. The van der Waals surface area contributed by atoms with Crippen molar-refractivity contribution >= 4 is 23.5 Å². The standard InChI is InChI=1S/C24H27N3O2/c1-26(24(28)12-7-18-5-10-22(29-2)11-6-18)21-9-8-19-13-15-27(23(19)16-21)17-20-4-3-14-25-20/h4-6,8-11,14,16H,3,7,12-13,15,17H2,1-2H3. The van der Waals surface area contributed by atoms with Crippen LogP contribution in [0.4, 0.5) is 11.4 Å². The minimum absolute atomic E-state index is 0.119. The van der Waals surface area contributed by atoms with Crippen LogP contribution in [-0.4, -0.2) is 39.4 Å². The van der Waals surface area contributed by atoms with E-state index in [9.17, 15) is 4.79 Å². The van der Waals surface area contributed by atoms with Crippen molar-refractivity contribution in [3.63, 3.8) is 0 Å². The van der Waals surface area contributed by atoms with Crippen LogP contribution in [0.25, 0.3) is 0 Å². The van der Waals surface area contributed by atoms with Gasteiger partial charge in [-0.15, -0.1) is 0 Å². The van der Waals surface area contributed by atoms with Gasteiger partial charge >= 0.3 is 0 Å². The Hall–Kier alpha value is -3.08. The molecule has 2 heterocycles. The van der Waals surface area contributed by atoms with Gasteiger partial charge in [0.25, 0.3) is 0 Å². The van der Waals surface area contributed by atoms with Crippen molar-refractivity contribution in [3.05, 3.63) is 65.4 Å². The minimum Gasteiger partial charge on any atom is -0.497 e. The number of benzene rings is 2. The van der Waals surface area contributed by atoms with E-state index in [0.717, 1.165) is 55.0 Å². The van der Waals surface area contributed by atoms with E-state index < -0.39 is 0 Å². The predicted molar refractivity (Wildman–Crippen MR) is 118 cm³/mol. The van der Waals surface area contributed by atoms with Gasteiger partial charge in [0.05, 0.1) is 19.4 Å². The molecule has 0 bridgehead atoms. The van der Waals surface area contributed by atoms with Crippen LogP contribution in [0.2, 0.25) is 0 Å². The molecular weight excluding hydrogens is 362 g/mol. The van der Waals surface area contributed by atoms with Crippen LogP contribution in [0.15, 0.2) is 59.2 Å². The van der Waals surface area contributed by atoms with E-state index in [-0.39, 0.29) is 5.91 Å². The molecule has 0 unspecified atom stereocenters. The molecule has 0 saturated carbocycles. The van der Waals surface area contributed by atoms with Gasteiger partial charge in [-0.2, -0.15) is 0 Å². The van der Waals surface area contributed by atoms with Crippen molar-refractivity contribution in [2.45, 2.75) is 25.7 Å². The Labute approximate surface area is 172 Å². The van der Waals surface area contributed by atoms with Gasteiger partial charge < -0.3 is 14.5 Å². The number of allylic oxidation sites excluding steroid dienone is 1. The second kappa shape index (κ2) is 8.52. The van der Waals surface area contributed by atoms with Crippen LogP contribution in [0.3, 0.4) is 0 Å². The molecule has 0 fully saturated rings. The zero-order chi connectivity index (χ0) is 20.2. The van der Waals surface area contributed by atoms with Crippen LogP contribution in [0, 0.1) is 0 Å². The molecule has 2 aliphatic heterocycles. The third kappa shape index (κ3) is 4.34. The van der Waals surface area contributed by atoms with E-state index >= 15 is 0 Å². The summed E-state index contributed by atoms with van der Waals surface area (Å²) in [7, 11) is 3.52. The lowest BCUT2D eigenvalue weighted by atomic mass is 10.1. The maximum atomic E-state index is 12.8. The number of ether oxygens (including phenoxy) is 1. The van der Waals surface area contributed by atoms with E-state index in [4.69, 9.17) is 4.74 Å². The molecule has 0 aromatic heterocycles. The van der Waals surface area contributed by atoms with Crippen LogP contribution in [-0.2, 0) is 17.6 Å². The quantitative estimate of drug-likeness (QED) is 0.719. The number of rotatable bonds is 7. The fraction of sp³-hybridized carbons (Fsp3) is 0.333. The van der Waals surface area contributed by atoms with Crippen LogP contribution in [0.5, 0.6) is 5.75 Å². The summed E-state index contributed by atoms with van der Waals surface area (Å²) < 4.78 is 5.19. The number of amides is 1. The maximum Gasteiger partial charge on any atom is 0.227 e. The van der Waals surface area contributed by atoms with Gasteiger partial charge in [0.15, 0.2) is 0 Å². The highest BCUT2D eigenvalue weighted by Gasteiger charge is 2.22. The first-order valence-corrected chi connectivity index (χ1v) is 10.1. The number of aryl methyl sites for hydroxylation is 1. The third-order valence-electron chi connectivity index (χ3n) is 5.68. The molecule has 5 heteroatoms. The molecule has 5 nitrogen and oxygen atoms in total. The zero-order valence-corrected chi connectivity index (χ0v) is 17.1. The van der Waals surface area contributed by atoms with E-state index in [1.54, 1.807) is 12.0 Å². The molecule has 1 amide bonds. The first kappa shape index (κ1) is 19.2. The van der Waals surface area contributed by atoms with Gasteiger partial charge in [0.1, 0.15) is 5.75 Å². The number of methoxy groups -OCH3 is 1. The maximum absolute atomic E-state index is 12.8. The van der Waals surface area contributed by atoms with Gasteiger partial charge in [-0.1, -0.05) is 24.3 Å². The van der Waals surface area contributed by atoms with Crippen molar-refractivity contribution < 1.29 is 9.53 Å². The van der Waals surface area contributed by atoms with Crippen molar-refractivity contribution in [3.8, 4) is 5.75 Å². The second-order valence-electron chi connectivity index (χ2n) is 7.53. The van der Waals surface area contributed by atoms with Crippen molar-refractivity contribution in [1.82, 2.24) is 0 Å². The van der Waals surface area contributed by atoms with Crippen molar-refractivity contribution in [2.24, 2.45) is 4.99 Å². The molecule has 0 aliphatic carbocycles. The number of hydrogen-bond acceptors (Lipinski definition) is 4. The highest BCUT2D eigenvalue weighted by atomic mass is 16.5. The van der Waals surface area contributed by atoms with Gasteiger partial charge in [0.2, 0.25) is 5.91 Å². The number of anilines is 2. The van der Waals surface area contributed by atoms with Crippen LogP contribution in [0.1, 0.15) is 24.0 Å². The Morgan fingerprint density at radius 3 is 2.76 bits per heavy atom. The largest absolute Gasteiger partial charge is 0.497 e. The monoisotopic (exact) mass is 389 g/mol. The first-order chi connectivity index (χ1) is 14.1. The van der Waals surface area contributed by atoms with E-state index in [1.165, 1.54) is 11.3 Å². The number of carbonyl (C=O) groups excluding carboxylic acids is 1. The number of carbonyl (C=O) groups is 1. The summed E-state index contributed by atoms with van der Waals surface area (Å²) in [6, 6.07) is 14.3. The first-order valence-electron chi connectivity index (χ1n) is 10.1. The smallest absolute Gasteiger partial charge is 0.227 e. The van der Waals surface area contributed by atoms with Gasteiger partial charge in [-0.3, -0.25) is 9.79 Å².